The van der Waals surface area contributed by atoms with Crippen molar-refractivity contribution >= 4 is 11.8 Å². The molecule has 0 aliphatic carbocycles. The summed E-state index contributed by atoms with van der Waals surface area (Å²) in [4.78, 5) is 23.9. The number of hydrogen-bond donors (Lipinski definition) is 0. The Hall–Kier alpha value is -1.12. The Balaban J connectivity index is 4.93. The molecule has 0 heterocycles. The molecule has 2 atom stereocenters. The largest absolute Gasteiger partial charge is 0.457 e. The van der Waals surface area contributed by atoms with E-state index in [9.17, 15) is 9.59 Å². The fourth-order valence-corrected chi connectivity index (χ4v) is 2.18. The van der Waals surface area contributed by atoms with E-state index in [4.69, 9.17) is 4.74 Å². The van der Waals surface area contributed by atoms with Gasteiger partial charge >= 0.3 is 5.97 Å². The van der Waals surface area contributed by atoms with Gasteiger partial charge in [-0.2, -0.15) is 0 Å². The first-order valence-corrected chi connectivity index (χ1v) is 6.72. The molecule has 0 aromatic heterocycles. The van der Waals surface area contributed by atoms with Crippen molar-refractivity contribution in [2.45, 2.75) is 53.6 Å². The first kappa shape index (κ1) is 16.9. The molecule has 0 unspecified atom stereocenters. The average Bonchev–Trinajstić information content (AvgIpc) is 2.26. The van der Waals surface area contributed by atoms with Gasteiger partial charge in [-0.15, -0.1) is 6.58 Å². The highest BCUT2D eigenvalue weighted by Gasteiger charge is 2.34. The van der Waals surface area contributed by atoms with Crippen LogP contribution in [0.1, 0.15) is 47.5 Å². The Morgan fingerprint density at radius 2 is 1.78 bits per heavy atom. The maximum atomic E-state index is 12.2. The van der Waals surface area contributed by atoms with Crippen LogP contribution in [-0.2, 0) is 14.3 Å². The average molecular weight is 254 g/mol. The summed E-state index contributed by atoms with van der Waals surface area (Å²) in [5, 5.41) is 0. The number of ether oxygens (including phenoxy) is 1. The van der Waals surface area contributed by atoms with E-state index in [2.05, 4.69) is 13.5 Å². The molecule has 18 heavy (non-hydrogen) atoms. The van der Waals surface area contributed by atoms with Crippen LogP contribution in [0.5, 0.6) is 0 Å². The Kier molecular flexibility index (Phi) is 7.56. The molecule has 3 nitrogen and oxygen atoms in total. The monoisotopic (exact) mass is 254 g/mol. The lowest BCUT2D eigenvalue weighted by atomic mass is 9.78. The van der Waals surface area contributed by atoms with Crippen LogP contribution < -0.4 is 0 Å². The predicted molar refractivity (Wildman–Crippen MR) is 73.2 cm³/mol. The van der Waals surface area contributed by atoms with E-state index in [1.54, 1.807) is 19.9 Å². The summed E-state index contributed by atoms with van der Waals surface area (Å²) in [5.74, 6) is -1.31. The first-order valence-electron chi connectivity index (χ1n) is 6.72. The molecular formula is C15H26O3. The normalized spacial score (nSPS) is 14.4. The zero-order chi connectivity index (χ0) is 14.3. The molecule has 0 rings (SSSR count). The Labute approximate surface area is 111 Å². The van der Waals surface area contributed by atoms with Crippen LogP contribution in [0.15, 0.2) is 12.7 Å². The summed E-state index contributed by atoms with van der Waals surface area (Å²) in [6, 6.07) is 0. The summed E-state index contributed by atoms with van der Waals surface area (Å²) < 4.78 is 4.99. The second-order valence-electron chi connectivity index (χ2n) is 5.28. The molecule has 0 aromatic carbocycles. The van der Waals surface area contributed by atoms with E-state index in [1.807, 2.05) is 13.8 Å². The molecule has 0 saturated heterocycles. The molecule has 0 bridgehead atoms. The van der Waals surface area contributed by atoms with Gasteiger partial charge in [-0.05, 0) is 32.1 Å². The smallest absolute Gasteiger partial charge is 0.375 e. The molecule has 0 aliphatic heterocycles. The number of ketones is 1. The van der Waals surface area contributed by atoms with Crippen molar-refractivity contribution < 1.29 is 14.3 Å². The van der Waals surface area contributed by atoms with Crippen molar-refractivity contribution in [3.8, 4) is 0 Å². The predicted octanol–water partition coefficient (Wildman–Crippen LogP) is 3.38. The van der Waals surface area contributed by atoms with Gasteiger partial charge in [0.1, 0.15) is 0 Å². The lowest BCUT2D eigenvalue weighted by molar-refractivity contribution is -0.159. The number of Topliss-reactive ketones (excluding diaryl/α,β-unsaturated/α-hetero) is 1. The highest BCUT2D eigenvalue weighted by molar-refractivity contribution is 6.34. The van der Waals surface area contributed by atoms with Gasteiger partial charge in [-0.25, -0.2) is 4.79 Å². The second kappa shape index (κ2) is 8.06. The molecule has 0 amide bonds. The van der Waals surface area contributed by atoms with Crippen molar-refractivity contribution in [3.05, 3.63) is 12.7 Å². The summed E-state index contributed by atoms with van der Waals surface area (Å²) in [6.07, 6.45) is 3.36. The number of carbonyl (C=O) groups excluding carboxylic acids is 2. The summed E-state index contributed by atoms with van der Waals surface area (Å²) in [6.45, 7) is 13.2. The third-order valence-corrected chi connectivity index (χ3v) is 2.95. The van der Waals surface area contributed by atoms with Crippen LogP contribution in [0.3, 0.4) is 0 Å². The van der Waals surface area contributed by atoms with Crippen LogP contribution in [0.2, 0.25) is 0 Å². The molecule has 0 aromatic rings. The van der Waals surface area contributed by atoms with E-state index in [0.717, 1.165) is 12.8 Å². The van der Waals surface area contributed by atoms with Gasteiger partial charge in [0, 0.05) is 5.92 Å². The molecule has 104 valence electrons. The Morgan fingerprint density at radius 1 is 1.22 bits per heavy atom. The fraction of sp³-hybridized carbons (Fsp3) is 0.733. The van der Waals surface area contributed by atoms with Crippen LogP contribution in [-0.4, -0.2) is 17.9 Å². The van der Waals surface area contributed by atoms with E-state index in [1.165, 1.54) is 0 Å². The van der Waals surface area contributed by atoms with Crippen molar-refractivity contribution in [1.29, 1.82) is 0 Å². The van der Waals surface area contributed by atoms with Crippen LogP contribution in [0, 0.1) is 17.8 Å². The van der Waals surface area contributed by atoms with Crippen molar-refractivity contribution in [1.82, 2.24) is 0 Å². The third kappa shape index (κ3) is 5.03. The first-order chi connectivity index (χ1) is 8.34. The summed E-state index contributed by atoms with van der Waals surface area (Å²) in [7, 11) is 0. The second-order valence-corrected chi connectivity index (χ2v) is 5.28. The topological polar surface area (TPSA) is 43.4 Å². The highest BCUT2D eigenvalue weighted by Crippen LogP contribution is 2.27. The summed E-state index contributed by atoms with van der Waals surface area (Å²) in [5.41, 5.74) is 0. The van der Waals surface area contributed by atoms with Crippen LogP contribution >= 0.6 is 0 Å². The van der Waals surface area contributed by atoms with Crippen molar-refractivity contribution in [3.63, 3.8) is 0 Å². The van der Waals surface area contributed by atoms with E-state index < -0.39 is 11.8 Å². The van der Waals surface area contributed by atoms with Gasteiger partial charge in [0.2, 0.25) is 5.78 Å². The fourth-order valence-electron chi connectivity index (χ4n) is 2.18. The maximum absolute atomic E-state index is 12.2. The minimum Gasteiger partial charge on any atom is -0.457 e. The minimum atomic E-state index is -0.716. The van der Waals surface area contributed by atoms with Gasteiger partial charge in [-0.3, -0.25) is 4.79 Å². The van der Waals surface area contributed by atoms with Gasteiger partial charge < -0.3 is 4.74 Å². The molecule has 0 fully saturated rings. The van der Waals surface area contributed by atoms with Crippen molar-refractivity contribution in [2.24, 2.45) is 17.8 Å². The molecule has 0 aliphatic rings. The molecular weight excluding hydrogens is 228 g/mol. The zero-order valence-corrected chi connectivity index (χ0v) is 12.2. The molecule has 3 heteroatoms. The van der Waals surface area contributed by atoms with Crippen molar-refractivity contribution in [2.75, 3.05) is 0 Å². The zero-order valence-electron chi connectivity index (χ0n) is 12.2. The number of esters is 1. The Bertz CT molecular complexity index is 292. The summed E-state index contributed by atoms with van der Waals surface area (Å²) >= 11 is 0. The van der Waals surface area contributed by atoms with Gasteiger partial charge in [0.05, 0.1) is 6.10 Å². The molecule has 0 saturated carbocycles. The lowest BCUT2D eigenvalue weighted by Gasteiger charge is -2.26. The number of carbonyl (C=O) groups is 2. The molecule has 0 radical (unpaired) electrons. The van der Waals surface area contributed by atoms with E-state index in [-0.39, 0.29) is 23.9 Å². The minimum absolute atomic E-state index is 0.0437. The van der Waals surface area contributed by atoms with Gasteiger partial charge in [0.15, 0.2) is 0 Å². The molecule has 0 N–H and O–H groups in total. The van der Waals surface area contributed by atoms with Gasteiger partial charge in [-0.1, -0.05) is 33.3 Å². The molecule has 0 spiro atoms. The van der Waals surface area contributed by atoms with Gasteiger partial charge in [0.25, 0.3) is 0 Å². The van der Waals surface area contributed by atoms with E-state index in [0.29, 0.717) is 0 Å². The SMILES string of the molecule is C=C[C@H](CCC)[C@H](C(=O)C(=O)OC(C)C)C(C)C. The number of allylic oxidation sites excluding steroid dienone is 1. The standard InChI is InChI=1S/C15H26O3/c1-7-9-12(8-2)13(10(3)4)14(16)15(17)18-11(5)6/h8,10-13H,2,7,9H2,1,3-6H3/t12-,13-/m1/s1. The lowest BCUT2D eigenvalue weighted by Crippen LogP contribution is -2.35. The quantitative estimate of drug-likeness (QED) is 0.379. The highest BCUT2D eigenvalue weighted by atomic mass is 16.5. The van der Waals surface area contributed by atoms with E-state index >= 15 is 0 Å². The number of rotatable bonds is 8. The third-order valence-electron chi connectivity index (χ3n) is 2.95. The van der Waals surface area contributed by atoms with Crippen LogP contribution in [0.4, 0.5) is 0 Å². The maximum Gasteiger partial charge on any atom is 0.375 e. The Morgan fingerprint density at radius 3 is 2.11 bits per heavy atom. The van der Waals surface area contributed by atoms with Crippen LogP contribution in [0.25, 0.3) is 0 Å². The number of hydrogen-bond acceptors (Lipinski definition) is 3.